The number of phenolic OH excluding ortho intramolecular Hbond substituents is 1. The lowest BCUT2D eigenvalue weighted by Crippen LogP contribution is -2.39. The summed E-state index contributed by atoms with van der Waals surface area (Å²) in [6, 6.07) is 14.2. The zero-order valence-electron chi connectivity index (χ0n) is 11.5. The molecule has 2 aromatic rings. The SMILES string of the molecule is Cc1cc(O)c(-c2ccccc2)c([Si](C)(C)C)c1. The Morgan fingerprint density at radius 3 is 2.11 bits per heavy atom. The Kier molecular flexibility index (Phi) is 3.31. The van der Waals surface area contributed by atoms with E-state index in [0.717, 1.165) is 16.7 Å². The second kappa shape index (κ2) is 4.62. The summed E-state index contributed by atoms with van der Waals surface area (Å²) in [6.45, 7) is 8.98. The zero-order valence-corrected chi connectivity index (χ0v) is 12.5. The molecule has 0 aliphatic rings. The van der Waals surface area contributed by atoms with Gasteiger partial charge in [0.05, 0.1) is 8.07 Å². The minimum absolute atomic E-state index is 0.402. The molecule has 0 aliphatic carbocycles. The van der Waals surface area contributed by atoms with Crippen molar-refractivity contribution in [1.29, 1.82) is 0 Å². The smallest absolute Gasteiger partial charge is 0.123 e. The Bertz CT molecular complexity index is 553. The van der Waals surface area contributed by atoms with Crippen molar-refractivity contribution in [2.45, 2.75) is 26.6 Å². The third-order valence-electron chi connectivity index (χ3n) is 3.13. The van der Waals surface area contributed by atoms with Crippen LogP contribution in [0.25, 0.3) is 11.1 Å². The lowest BCUT2D eigenvalue weighted by Gasteiger charge is -2.23. The third kappa shape index (κ3) is 2.49. The standard InChI is InChI=1S/C16H20OSi/c1-12-10-14(17)16(13-8-6-5-7-9-13)15(11-12)18(2,3)4/h5-11,17H,1-4H3. The van der Waals surface area contributed by atoms with Crippen LogP contribution < -0.4 is 5.19 Å². The molecule has 0 amide bonds. The van der Waals surface area contributed by atoms with E-state index in [0.29, 0.717) is 5.75 Å². The van der Waals surface area contributed by atoms with E-state index in [1.165, 1.54) is 5.19 Å². The van der Waals surface area contributed by atoms with Gasteiger partial charge in [-0.3, -0.25) is 0 Å². The van der Waals surface area contributed by atoms with Gasteiger partial charge in [-0.2, -0.15) is 0 Å². The van der Waals surface area contributed by atoms with Crippen molar-refractivity contribution < 1.29 is 5.11 Å². The van der Waals surface area contributed by atoms with E-state index in [9.17, 15) is 5.11 Å². The van der Waals surface area contributed by atoms with Crippen LogP contribution in [-0.4, -0.2) is 13.2 Å². The van der Waals surface area contributed by atoms with E-state index in [1.54, 1.807) is 0 Å². The van der Waals surface area contributed by atoms with Crippen molar-refractivity contribution in [3.8, 4) is 16.9 Å². The Balaban J connectivity index is 2.74. The first-order chi connectivity index (χ1) is 8.39. The van der Waals surface area contributed by atoms with Crippen LogP contribution in [0.15, 0.2) is 42.5 Å². The summed E-state index contributed by atoms with van der Waals surface area (Å²) in [4.78, 5) is 0. The Morgan fingerprint density at radius 2 is 1.56 bits per heavy atom. The van der Waals surface area contributed by atoms with Gasteiger partial charge in [0.1, 0.15) is 5.75 Å². The van der Waals surface area contributed by atoms with E-state index >= 15 is 0 Å². The number of hydrogen-bond donors (Lipinski definition) is 1. The van der Waals surface area contributed by atoms with Crippen molar-refractivity contribution in [3.05, 3.63) is 48.0 Å². The van der Waals surface area contributed by atoms with E-state index in [1.807, 2.05) is 31.2 Å². The van der Waals surface area contributed by atoms with Gasteiger partial charge in [-0.1, -0.05) is 56.0 Å². The number of hydrogen-bond acceptors (Lipinski definition) is 1. The number of rotatable bonds is 2. The Labute approximate surface area is 110 Å². The van der Waals surface area contributed by atoms with Crippen LogP contribution in [0.2, 0.25) is 19.6 Å². The summed E-state index contributed by atoms with van der Waals surface area (Å²) in [7, 11) is -1.48. The summed E-state index contributed by atoms with van der Waals surface area (Å²) >= 11 is 0. The van der Waals surface area contributed by atoms with Crippen LogP contribution in [0.3, 0.4) is 0 Å². The molecule has 1 nitrogen and oxygen atoms in total. The van der Waals surface area contributed by atoms with Gasteiger partial charge >= 0.3 is 0 Å². The molecule has 0 saturated heterocycles. The van der Waals surface area contributed by atoms with Gasteiger partial charge < -0.3 is 5.11 Å². The highest BCUT2D eigenvalue weighted by Gasteiger charge is 2.23. The van der Waals surface area contributed by atoms with Gasteiger partial charge in [0.2, 0.25) is 0 Å². The average molecular weight is 256 g/mol. The van der Waals surface area contributed by atoms with E-state index in [2.05, 4.69) is 37.8 Å². The highest BCUT2D eigenvalue weighted by atomic mass is 28.3. The maximum Gasteiger partial charge on any atom is 0.123 e. The molecule has 2 heteroatoms. The van der Waals surface area contributed by atoms with Crippen LogP contribution in [0.5, 0.6) is 5.75 Å². The molecule has 0 aromatic heterocycles. The summed E-state index contributed by atoms with van der Waals surface area (Å²) in [5.74, 6) is 0.402. The van der Waals surface area contributed by atoms with Gasteiger partial charge in [-0.25, -0.2) is 0 Å². The molecule has 0 saturated carbocycles. The van der Waals surface area contributed by atoms with Crippen molar-refractivity contribution >= 4 is 13.3 Å². The fourth-order valence-electron chi connectivity index (χ4n) is 2.27. The van der Waals surface area contributed by atoms with Gasteiger partial charge in [-0.15, -0.1) is 0 Å². The molecule has 0 aliphatic heterocycles. The molecule has 2 rings (SSSR count). The Morgan fingerprint density at radius 1 is 0.944 bits per heavy atom. The predicted molar refractivity (Wildman–Crippen MR) is 81.3 cm³/mol. The maximum atomic E-state index is 10.3. The first kappa shape index (κ1) is 12.9. The molecule has 2 aromatic carbocycles. The van der Waals surface area contributed by atoms with Crippen LogP contribution in [0, 0.1) is 6.92 Å². The van der Waals surface area contributed by atoms with Crippen molar-refractivity contribution in [2.75, 3.05) is 0 Å². The second-order valence-corrected chi connectivity index (χ2v) is 10.9. The summed E-state index contributed by atoms with van der Waals surface area (Å²) in [5, 5.41) is 11.6. The normalized spacial score (nSPS) is 11.6. The first-order valence-corrected chi connectivity index (χ1v) is 9.79. The second-order valence-electron chi connectivity index (χ2n) is 5.82. The molecule has 0 fully saturated rings. The monoisotopic (exact) mass is 256 g/mol. The lowest BCUT2D eigenvalue weighted by molar-refractivity contribution is 0.477. The largest absolute Gasteiger partial charge is 0.507 e. The highest BCUT2D eigenvalue weighted by molar-refractivity contribution is 6.89. The Hall–Kier alpha value is -1.54. The minimum Gasteiger partial charge on any atom is -0.507 e. The summed E-state index contributed by atoms with van der Waals surface area (Å²) in [5.41, 5.74) is 3.25. The van der Waals surface area contributed by atoms with Gasteiger partial charge in [-0.05, 0) is 29.3 Å². The molecule has 0 spiro atoms. The molecule has 1 N–H and O–H groups in total. The highest BCUT2D eigenvalue weighted by Crippen LogP contribution is 2.30. The van der Waals surface area contributed by atoms with E-state index < -0.39 is 8.07 Å². The fourth-order valence-corrected chi connectivity index (χ4v) is 3.95. The topological polar surface area (TPSA) is 20.2 Å². The predicted octanol–water partition coefficient (Wildman–Crippen LogP) is 3.91. The molecule has 0 heterocycles. The van der Waals surface area contributed by atoms with Crippen molar-refractivity contribution in [2.24, 2.45) is 0 Å². The molecule has 0 bridgehead atoms. The first-order valence-electron chi connectivity index (χ1n) is 6.29. The van der Waals surface area contributed by atoms with Gasteiger partial charge in [0.25, 0.3) is 0 Å². The van der Waals surface area contributed by atoms with Crippen molar-refractivity contribution in [1.82, 2.24) is 0 Å². The number of phenols is 1. The van der Waals surface area contributed by atoms with Crippen LogP contribution in [0.1, 0.15) is 5.56 Å². The number of aryl methyl sites for hydroxylation is 1. The minimum atomic E-state index is -1.48. The van der Waals surface area contributed by atoms with Crippen LogP contribution in [0.4, 0.5) is 0 Å². The quantitative estimate of drug-likeness (QED) is 0.808. The lowest BCUT2D eigenvalue weighted by atomic mass is 10.0. The summed E-state index contributed by atoms with van der Waals surface area (Å²) < 4.78 is 0. The molecule has 18 heavy (non-hydrogen) atoms. The maximum absolute atomic E-state index is 10.3. The molecular formula is C16H20OSi. The average Bonchev–Trinajstić information content (AvgIpc) is 2.28. The molecule has 94 valence electrons. The molecule has 0 unspecified atom stereocenters. The zero-order chi connectivity index (χ0) is 13.3. The van der Waals surface area contributed by atoms with Crippen LogP contribution in [-0.2, 0) is 0 Å². The number of aromatic hydroxyl groups is 1. The van der Waals surface area contributed by atoms with Crippen LogP contribution >= 0.6 is 0 Å². The van der Waals surface area contributed by atoms with E-state index in [-0.39, 0.29) is 0 Å². The van der Waals surface area contributed by atoms with Gasteiger partial charge in [0, 0.05) is 5.56 Å². The fraction of sp³-hybridized carbons (Fsp3) is 0.250. The number of benzene rings is 2. The van der Waals surface area contributed by atoms with Crippen molar-refractivity contribution in [3.63, 3.8) is 0 Å². The molecule has 0 atom stereocenters. The molecular weight excluding hydrogens is 236 g/mol. The van der Waals surface area contributed by atoms with Gasteiger partial charge in [0.15, 0.2) is 0 Å². The summed E-state index contributed by atoms with van der Waals surface area (Å²) in [6.07, 6.45) is 0. The molecule has 0 radical (unpaired) electrons. The van der Waals surface area contributed by atoms with E-state index in [4.69, 9.17) is 0 Å². The third-order valence-corrected chi connectivity index (χ3v) is 5.14.